The number of esters is 1. The lowest BCUT2D eigenvalue weighted by Crippen LogP contribution is -2.71. The minimum Gasteiger partial charge on any atom is -0.466 e. The molecule has 3 rings (SSSR count). The van der Waals surface area contributed by atoms with E-state index in [-0.39, 0.29) is 11.5 Å². The third kappa shape index (κ3) is 3.60. The quantitative estimate of drug-likeness (QED) is 0.359. The third-order valence-corrected chi connectivity index (χ3v) is 10.6. The Morgan fingerprint density at radius 3 is 1.41 bits per heavy atom. The zero-order valence-corrected chi connectivity index (χ0v) is 17.0. The Hall–Kier alpha value is -2.65. The van der Waals surface area contributed by atoms with E-state index >= 15 is 0 Å². The molecular formula is C24H26O2Si. The number of rotatable bonds is 7. The van der Waals surface area contributed by atoms with Gasteiger partial charge < -0.3 is 4.74 Å². The maximum atomic E-state index is 13.2. The second kappa shape index (κ2) is 8.83. The molecule has 3 aromatic rings. The highest BCUT2D eigenvalue weighted by Gasteiger charge is 2.49. The molecule has 0 saturated carbocycles. The molecule has 3 heteroatoms. The van der Waals surface area contributed by atoms with Crippen LogP contribution in [0, 0.1) is 0 Å². The molecule has 0 aliphatic heterocycles. The molecule has 138 valence electrons. The zero-order chi connectivity index (χ0) is 19.1. The van der Waals surface area contributed by atoms with Crippen molar-refractivity contribution in [3.05, 3.63) is 91.0 Å². The minimum absolute atomic E-state index is 0.0942. The van der Waals surface area contributed by atoms with Gasteiger partial charge in [-0.05, 0) is 28.9 Å². The Morgan fingerprint density at radius 2 is 1.11 bits per heavy atom. The van der Waals surface area contributed by atoms with Crippen molar-refractivity contribution < 1.29 is 9.53 Å². The van der Waals surface area contributed by atoms with Gasteiger partial charge in [-0.1, -0.05) is 97.9 Å². The van der Waals surface area contributed by atoms with Crippen LogP contribution in [0.1, 0.15) is 20.3 Å². The fourth-order valence-corrected chi connectivity index (χ4v) is 9.51. The van der Waals surface area contributed by atoms with Crippen LogP contribution in [0.15, 0.2) is 91.0 Å². The Bertz CT molecular complexity index is 751. The smallest absolute Gasteiger partial charge is 0.307 e. The Kier molecular flexibility index (Phi) is 6.25. The highest BCUT2D eigenvalue weighted by atomic mass is 28.3. The van der Waals surface area contributed by atoms with Crippen molar-refractivity contribution in [1.82, 2.24) is 0 Å². The first kappa shape index (κ1) is 19.1. The molecule has 0 saturated heterocycles. The van der Waals surface area contributed by atoms with Gasteiger partial charge in [0.15, 0.2) is 8.07 Å². The zero-order valence-electron chi connectivity index (χ0n) is 16.0. The van der Waals surface area contributed by atoms with Crippen LogP contribution in [0.3, 0.4) is 0 Å². The summed E-state index contributed by atoms with van der Waals surface area (Å²) < 4.78 is 5.56. The first-order valence-electron chi connectivity index (χ1n) is 9.58. The number of benzene rings is 3. The van der Waals surface area contributed by atoms with E-state index in [1.54, 1.807) is 0 Å². The molecule has 0 bridgehead atoms. The molecule has 0 aromatic heterocycles. The van der Waals surface area contributed by atoms with Gasteiger partial charge in [-0.3, -0.25) is 4.79 Å². The maximum absolute atomic E-state index is 13.2. The Balaban J connectivity index is 2.37. The van der Waals surface area contributed by atoms with Crippen molar-refractivity contribution in [2.45, 2.75) is 25.8 Å². The van der Waals surface area contributed by atoms with Crippen LogP contribution < -0.4 is 15.6 Å². The third-order valence-electron chi connectivity index (χ3n) is 5.19. The number of ether oxygens (including phenoxy) is 1. The average molecular weight is 375 g/mol. The number of carbonyl (C=O) groups is 1. The van der Waals surface area contributed by atoms with Crippen molar-refractivity contribution >= 4 is 29.6 Å². The van der Waals surface area contributed by atoms with E-state index in [0.29, 0.717) is 6.61 Å². The lowest BCUT2D eigenvalue weighted by molar-refractivity contribution is -0.143. The van der Waals surface area contributed by atoms with E-state index in [1.165, 1.54) is 15.6 Å². The highest BCUT2D eigenvalue weighted by Crippen LogP contribution is 2.27. The van der Waals surface area contributed by atoms with Gasteiger partial charge in [0.1, 0.15) is 0 Å². The molecule has 0 heterocycles. The lowest BCUT2D eigenvalue weighted by atomic mass is 10.3. The molecule has 0 spiro atoms. The summed E-state index contributed by atoms with van der Waals surface area (Å²) in [6, 6.07) is 31.6. The standard InChI is InChI=1S/C24H26O2Si/c1-3-23(24(25)26-4-2)27(20-14-8-5-9-15-20,21-16-10-6-11-17-21)22-18-12-7-13-19-22/h5-19,23H,3-4H2,1-2H3. The van der Waals surface area contributed by atoms with Crippen LogP contribution in [0.4, 0.5) is 0 Å². The molecule has 0 aliphatic carbocycles. The Morgan fingerprint density at radius 1 is 0.741 bits per heavy atom. The monoisotopic (exact) mass is 374 g/mol. The summed E-state index contributed by atoms with van der Waals surface area (Å²) in [7, 11) is -2.63. The van der Waals surface area contributed by atoms with Gasteiger partial charge >= 0.3 is 5.97 Å². The minimum atomic E-state index is -2.63. The summed E-state index contributed by atoms with van der Waals surface area (Å²) in [5.41, 5.74) is -0.190. The summed E-state index contributed by atoms with van der Waals surface area (Å²) in [6.07, 6.45) is 0.740. The first-order chi connectivity index (χ1) is 13.2. The second-order valence-electron chi connectivity index (χ2n) is 6.62. The molecule has 0 radical (unpaired) electrons. The summed E-state index contributed by atoms with van der Waals surface area (Å²) >= 11 is 0. The summed E-state index contributed by atoms with van der Waals surface area (Å²) in [5.74, 6) is -0.0942. The van der Waals surface area contributed by atoms with E-state index in [9.17, 15) is 4.79 Å². The predicted molar refractivity (Wildman–Crippen MR) is 115 cm³/mol. The van der Waals surface area contributed by atoms with E-state index in [4.69, 9.17) is 4.74 Å². The molecule has 0 fully saturated rings. The van der Waals surface area contributed by atoms with Gasteiger partial charge in [0.25, 0.3) is 0 Å². The van der Waals surface area contributed by atoms with Crippen molar-refractivity contribution in [3.8, 4) is 0 Å². The van der Waals surface area contributed by atoms with E-state index < -0.39 is 8.07 Å². The molecule has 0 aliphatic rings. The van der Waals surface area contributed by atoms with Crippen LogP contribution in [0.2, 0.25) is 5.54 Å². The summed E-state index contributed by atoms with van der Waals surface area (Å²) in [5, 5.41) is 3.71. The number of hydrogen-bond donors (Lipinski definition) is 0. The van der Waals surface area contributed by atoms with Crippen LogP contribution in [-0.2, 0) is 9.53 Å². The molecule has 3 aromatic carbocycles. The van der Waals surface area contributed by atoms with Gasteiger partial charge in [0, 0.05) is 0 Å². The van der Waals surface area contributed by atoms with Crippen molar-refractivity contribution in [3.63, 3.8) is 0 Å². The highest BCUT2D eigenvalue weighted by molar-refractivity contribution is 7.13. The molecule has 0 N–H and O–H groups in total. The Labute approximate surface area is 162 Å². The van der Waals surface area contributed by atoms with E-state index in [1.807, 2.05) is 25.1 Å². The molecule has 1 atom stereocenters. The molecule has 27 heavy (non-hydrogen) atoms. The van der Waals surface area contributed by atoms with Gasteiger partial charge in [-0.25, -0.2) is 0 Å². The second-order valence-corrected chi connectivity index (χ2v) is 10.7. The van der Waals surface area contributed by atoms with Crippen LogP contribution >= 0.6 is 0 Å². The maximum Gasteiger partial charge on any atom is 0.307 e. The summed E-state index contributed by atoms with van der Waals surface area (Å²) in [4.78, 5) is 13.2. The van der Waals surface area contributed by atoms with E-state index in [0.717, 1.165) is 6.42 Å². The van der Waals surface area contributed by atoms with Gasteiger partial charge in [0.05, 0.1) is 12.1 Å². The topological polar surface area (TPSA) is 26.3 Å². The van der Waals surface area contributed by atoms with Crippen LogP contribution in [0.25, 0.3) is 0 Å². The first-order valence-corrected chi connectivity index (χ1v) is 11.7. The van der Waals surface area contributed by atoms with Crippen molar-refractivity contribution in [2.24, 2.45) is 0 Å². The predicted octanol–water partition coefficient (Wildman–Crippen LogP) is 3.50. The fraction of sp³-hybridized carbons (Fsp3) is 0.208. The fourth-order valence-electron chi connectivity index (χ4n) is 4.10. The van der Waals surface area contributed by atoms with E-state index in [2.05, 4.69) is 79.7 Å². The van der Waals surface area contributed by atoms with Gasteiger partial charge in [-0.2, -0.15) is 0 Å². The van der Waals surface area contributed by atoms with Crippen LogP contribution in [0.5, 0.6) is 0 Å². The molecule has 0 amide bonds. The van der Waals surface area contributed by atoms with Crippen molar-refractivity contribution in [1.29, 1.82) is 0 Å². The number of carbonyl (C=O) groups excluding carboxylic acids is 1. The SMILES string of the molecule is CCOC(=O)C(CC)[Si](c1ccccc1)(c1ccccc1)c1ccccc1. The number of hydrogen-bond acceptors (Lipinski definition) is 2. The largest absolute Gasteiger partial charge is 0.466 e. The average Bonchev–Trinajstić information content (AvgIpc) is 2.74. The molecule has 2 nitrogen and oxygen atoms in total. The molecular weight excluding hydrogens is 348 g/mol. The lowest BCUT2D eigenvalue weighted by Gasteiger charge is -2.39. The molecule has 1 unspecified atom stereocenters. The van der Waals surface area contributed by atoms with Crippen molar-refractivity contribution in [2.75, 3.05) is 6.61 Å². The normalized spacial score (nSPS) is 12.4. The summed E-state index contributed by atoms with van der Waals surface area (Å²) in [6.45, 7) is 4.37. The van der Waals surface area contributed by atoms with Gasteiger partial charge in [0.2, 0.25) is 0 Å². The van der Waals surface area contributed by atoms with Crippen LogP contribution in [-0.4, -0.2) is 20.7 Å². The van der Waals surface area contributed by atoms with Gasteiger partial charge in [-0.15, -0.1) is 0 Å².